The maximum absolute atomic E-state index is 13.0. The van der Waals surface area contributed by atoms with Gasteiger partial charge in [-0.25, -0.2) is 14.6 Å². The highest BCUT2D eigenvalue weighted by molar-refractivity contribution is 7.80. The van der Waals surface area contributed by atoms with Crippen LogP contribution in [-0.4, -0.2) is 68.4 Å². The zero-order chi connectivity index (χ0) is 24.9. The minimum atomic E-state index is -0.357. The first-order chi connectivity index (χ1) is 16.9. The van der Waals surface area contributed by atoms with Crippen LogP contribution in [0.1, 0.15) is 45.6 Å². The number of hydrogen-bond acceptors (Lipinski definition) is 8. The number of rotatable bonds is 6. The summed E-state index contributed by atoms with van der Waals surface area (Å²) in [5.41, 5.74) is 2.75. The summed E-state index contributed by atoms with van der Waals surface area (Å²) in [5, 5.41) is 13.6. The number of hydrogen-bond donors (Lipinski definition) is 2. The van der Waals surface area contributed by atoms with Crippen LogP contribution in [0.2, 0.25) is 0 Å². The molecule has 0 bridgehead atoms. The van der Waals surface area contributed by atoms with Crippen LogP contribution in [0.3, 0.4) is 0 Å². The molecule has 1 aliphatic rings. The largest absolute Gasteiger partial charge is 0.468 e. The second-order valence-electron chi connectivity index (χ2n) is 8.23. The number of nitrogens with zero attached hydrogens (tertiary/aromatic N) is 5. The van der Waals surface area contributed by atoms with E-state index in [1.54, 1.807) is 28.4 Å². The van der Waals surface area contributed by atoms with Crippen molar-refractivity contribution in [2.75, 3.05) is 32.1 Å². The summed E-state index contributed by atoms with van der Waals surface area (Å²) in [5.74, 6) is 0.175. The maximum Gasteiger partial charge on any atom is 0.325 e. The number of piperidine rings is 1. The average molecular weight is 514 g/mol. The van der Waals surface area contributed by atoms with Crippen molar-refractivity contribution in [2.24, 2.45) is 0 Å². The number of pyridine rings is 1. The number of aromatic nitrogens is 4. The molecule has 0 unspecified atom stereocenters. The number of amides is 1. The van der Waals surface area contributed by atoms with Gasteiger partial charge in [0, 0.05) is 36.3 Å². The van der Waals surface area contributed by atoms with E-state index in [1.165, 1.54) is 18.4 Å². The van der Waals surface area contributed by atoms with Gasteiger partial charge in [-0.2, -0.15) is 5.10 Å². The highest BCUT2D eigenvalue weighted by Gasteiger charge is 2.25. The lowest BCUT2D eigenvalue weighted by molar-refractivity contribution is -0.139. The van der Waals surface area contributed by atoms with Gasteiger partial charge in [0.05, 0.1) is 23.5 Å². The topological polar surface area (TPSA) is 114 Å². The molecule has 1 aliphatic heterocycles. The SMILES string of the molecule is COC(=O)CNC(=S)N1CCC(c2nc(C(=O)Nc3cccnc3-n3nc(C)cc3C)cs2)CC1. The van der Waals surface area contributed by atoms with E-state index < -0.39 is 0 Å². The number of likely N-dealkylation sites (tertiary alicyclic amines) is 1. The number of anilines is 1. The van der Waals surface area contributed by atoms with Gasteiger partial charge in [0.2, 0.25) is 0 Å². The molecule has 0 radical (unpaired) electrons. The standard InChI is InChI=1S/C23H27N7O3S2/c1-14-11-15(2)30(28-14)20-17(5-4-8-24-20)26-21(32)18-13-35-22(27-18)16-6-9-29(10-7-16)23(34)25-12-19(31)33-3/h4-5,8,11,13,16H,6-7,9-10,12H2,1-3H3,(H,25,34)(H,26,32). The fourth-order valence-electron chi connectivity index (χ4n) is 3.93. The molecule has 10 nitrogen and oxygen atoms in total. The van der Waals surface area contributed by atoms with Crippen LogP contribution in [0.25, 0.3) is 5.82 Å². The fraction of sp³-hybridized carbons (Fsp3) is 0.391. The minimum absolute atomic E-state index is 0.0540. The molecule has 12 heteroatoms. The van der Waals surface area contributed by atoms with Gasteiger partial charge < -0.3 is 20.3 Å². The molecule has 184 valence electrons. The van der Waals surface area contributed by atoms with E-state index >= 15 is 0 Å². The number of thiocarbonyl (C=S) groups is 1. The number of ether oxygens (including phenoxy) is 1. The van der Waals surface area contributed by atoms with Crippen LogP contribution in [-0.2, 0) is 9.53 Å². The molecular formula is C23H27N7O3S2. The lowest BCUT2D eigenvalue weighted by atomic mass is 9.98. The number of thiazole rings is 1. The molecular weight excluding hydrogens is 486 g/mol. The van der Waals surface area contributed by atoms with Crippen molar-refractivity contribution in [1.29, 1.82) is 0 Å². The fourth-order valence-corrected chi connectivity index (χ4v) is 5.16. The zero-order valence-corrected chi connectivity index (χ0v) is 21.4. The molecule has 0 saturated carbocycles. The quantitative estimate of drug-likeness (QED) is 0.379. The van der Waals surface area contributed by atoms with Crippen molar-refractivity contribution in [2.45, 2.75) is 32.6 Å². The molecule has 2 N–H and O–H groups in total. The van der Waals surface area contributed by atoms with E-state index in [-0.39, 0.29) is 24.3 Å². The van der Waals surface area contributed by atoms with Gasteiger partial charge in [-0.3, -0.25) is 9.59 Å². The predicted molar refractivity (Wildman–Crippen MR) is 137 cm³/mol. The van der Waals surface area contributed by atoms with E-state index in [0.717, 1.165) is 42.3 Å². The van der Waals surface area contributed by atoms with Crippen LogP contribution >= 0.6 is 23.6 Å². The van der Waals surface area contributed by atoms with Crippen LogP contribution in [0.5, 0.6) is 0 Å². The molecule has 1 amide bonds. The molecule has 1 fully saturated rings. The Bertz CT molecular complexity index is 1230. The Hall–Kier alpha value is -3.38. The third-order valence-electron chi connectivity index (χ3n) is 5.74. The first-order valence-electron chi connectivity index (χ1n) is 11.2. The Morgan fingerprint density at radius 1 is 1.29 bits per heavy atom. The van der Waals surface area contributed by atoms with Gasteiger partial charge in [-0.05, 0) is 57.1 Å². The minimum Gasteiger partial charge on any atom is -0.468 e. The lowest BCUT2D eigenvalue weighted by Crippen LogP contribution is -2.45. The van der Waals surface area contributed by atoms with Crippen molar-refractivity contribution < 1.29 is 14.3 Å². The van der Waals surface area contributed by atoms with Crippen LogP contribution in [0, 0.1) is 13.8 Å². The summed E-state index contributed by atoms with van der Waals surface area (Å²) >= 11 is 6.88. The highest BCUT2D eigenvalue weighted by Crippen LogP contribution is 2.30. The van der Waals surface area contributed by atoms with Crippen molar-refractivity contribution >= 4 is 46.2 Å². The van der Waals surface area contributed by atoms with Gasteiger partial charge in [-0.15, -0.1) is 11.3 Å². The molecule has 35 heavy (non-hydrogen) atoms. The van der Waals surface area contributed by atoms with Gasteiger partial charge in [0.1, 0.15) is 12.2 Å². The Morgan fingerprint density at radius 3 is 2.74 bits per heavy atom. The summed E-state index contributed by atoms with van der Waals surface area (Å²) in [6.45, 7) is 5.41. The molecule has 1 saturated heterocycles. The van der Waals surface area contributed by atoms with Gasteiger partial charge >= 0.3 is 5.97 Å². The summed E-state index contributed by atoms with van der Waals surface area (Å²) in [7, 11) is 1.35. The Morgan fingerprint density at radius 2 is 2.06 bits per heavy atom. The summed E-state index contributed by atoms with van der Waals surface area (Å²) in [6.07, 6.45) is 3.39. The average Bonchev–Trinajstić information content (AvgIpc) is 3.49. The third kappa shape index (κ3) is 5.82. The van der Waals surface area contributed by atoms with E-state index in [2.05, 4.69) is 30.4 Å². The molecule has 0 aliphatic carbocycles. The lowest BCUT2D eigenvalue weighted by Gasteiger charge is -2.33. The maximum atomic E-state index is 13.0. The summed E-state index contributed by atoms with van der Waals surface area (Å²) in [4.78, 5) is 35.4. The highest BCUT2D eigenvalue weighted by atomic mass is 32.1. The Kier molecular flexibility index (Phi) is 7.71. The van der Waals surface area contributed by atoms with E-state index in [0.29, 0.717) is 22.3 Å². The number of esters is 1. The molecule has 4 rings (SSSR count). The summed E-state index contributed by atoms with van der Waals surface area (Å²) < 4.78 is 6.35. The molecule has 0 aromatic carbocycles. The van der Waals surface area contributed by atoms with Gasteiger partial charge in [0.15, 0.2) is 10.9 Å². The number of carbonyl (C=O) groups excluding carboxylic acids is 2. The Labute approximate surface area is 212 Å². The third-order valence-corrected chi connectivity index (χ3v) is 7.15. The second-order valence-corrected chi connectivity index (χ2v) is 9.51. The number of carbonyl (C=O) groups is 2. The van der Waals surface area contributed by atoms with Crippen LogP contribution in [0.15, 0.2) is 29.8 Å². The van der Waals surface area contributed by atoms with E-state index in [1.807, 2.05) is 24.8 Å². The van der Waals surface area contributed by atoms with Gasteiger partial charge in [0.25, 0.3) is 5.91 Å². The molecule has 3 aromatic rings. The normalized spacial score (nSPS) is 14.0. The second kappa shape index (κ2) is 10.9. The van der Waals surface area contributed by atoms with Crippen molar-refractivity contribution in [3.63, 3.8) is 0 Å². The van der Waals surface area contributed by atoms with Crippen molar-refractivity contribution in [3.05, 3.63) is 51.9 Å². The molecule has 3 aromatic heterocycles. The van der Waals surface area contributed by atoms with E-state index in [4.69, 9.17) is 12.2 Å². The molecule has 4 heterocycles. The van der Waals surface area contributed by atoms with Crippen molar-refractivity contribution in [1.82, 2.24) is 30.0 Å². The number of nitrogens with one attached hydrogen (secondary N) is 2. The van der Waals surface area contributed by atoms with Crippen molar-refractivity contribution in [3.8, 4) is 5.82 Å². The monoisotopic (exact) mass is 513 g/mol. The first-order valence-corrected chi connectivity index (χ1v) is 12.5. The van der Waals surface area contributed by atoms with Gasteiger partial charge in [-0.1, -0.05) is 0 Å². The predicted octanol–water partition coefficient (Wildman–Crippen LogP) is 2.82. The number of methoxy groups -OCH3 is 1. The zero-order valence-electron chi connectivity index (χ0n) is 19.8. The first kappa shape index (κ1) is 24.7. The summed E-state index contributed by atoms with van der Waals surface area (Å²) in [6, 6.07) is 5.53. The molecule has 0 spiro atoms. The van der Waals surface area contributed by atoms with Crippen LogP contribution < -0.4 is 10.6 Å². The molecule has 0 atom stereocenters. The van der Waals surface area contributed by atoms with Crippen LogP contribution in [0.4, 0.5) is 5.69 Å². The number of aryl methyl sites for hydroxylation is 2. The Balaban J connectivity index is 1.37. The smallest absolute Gasteiger partial charge is 0.325 e. The van der Waals surface area contributed by atoms with E-state index in [9.17, 15) is 9.59 Å².